The topological polar surface area (TPSA) is 40.5 Å². The van der Waals surface area contributed by atoms with Gasteiger partial charge in [0.15, 0.2) is 0 Å². The zero-order chi connectivity index (χ0) is 12.6. The van der Waals surface area contributed by atoms with E-state index in [1.165, 1.54) is 25.7 Å². The molecule has 0 radical (unpaired) electrons. The number of aliphatic hydroxyl groups is 2. The molecule has 0 saturated heterocycles. The number of hydrogen-bond acceptors (Lipinski definition) is 2. The molecule has 2 aliphatic carbocycles. The van der Waals surface area contributed by atoms with Crippen LogP contribution in [0.2, 0.25) is 0 Å². The predicted molar refractivity (Wildman–Crippen MR) is 73.9 cm³/mol. The van der Waals surface area contributed by atoms with Gasteiger partial charge < -0.3 is 10.2 Å². The summed E-state index contributed by atoms with van der Waals surface area (Å²) in [5.41, 5.74) is -0.353. The molecule has 2 fully saturated rings. The van der Waals surface area contributed by atoms with Crippen LogP contribution in [0.25, 0.3) is 0 Å². The van der Waals surface area contributed by atoms with Gasteiger partial charge in [-0.2, -0.15) is 0 Å². The third-order valence-electron chi connectivity index (χ3n) is 4.68. The summed E-state index contributed by atoms with van der Waals surface area (Å²) in [5, 5.41) is 20.3. The van der Waals surface area contributed by atoms with Crippen molar-refractivity contribution in [1.82, 2.24) is 0 Å². The van der Waals surface area contributed by atoms with Crippen LogP contribution in [-0.2, 0) is 0 Å². The Labute approximate surface area is 107 Å². The summed E-state index contributed by atoms with van der Waals surface area (Å²) >= 11 is 0. The second-order valence-corrected chi connectivity index (χ2v) is 7.94. The van der Waals surface area contributed by atoms with Crippen LogP contribution >= 0.6 is 9.24 Å². The summed E-state index contributed by atoms with van der Waals surface area (Å²) in [6.07, 6.45) is 10.5. The van der Waals surface area contributed by atoms with Crippen LogP contribution in [0, 0.1) is 5.41 Å². The second-order valence-electron chi connectivity index (χ2n) is 6.87. The minimum atomic E-state index is -0.600. The minimum Gasteiger partial charge on any atom is -0.390 e. The van der Waals surface area contributed by atoms with E-state index in [1.807, 2.05) is 6.92 Å². The molecule has 2 nitrogen and oxygen atoms in total. The molecule has 0 amide bonds. The van der Waals surface area contributed by atoms with E-state index in [9.17, 15) is 10.2 Å². The van der Waals surface area contributed by atoms with Crippen LogP contribution in [0.15, 0.2) is 0 Å². The molecule has 2 rings (SSSR count). The van der Waals surface area contributed by atoms with E-state index in [1.54, 1.807) is 0 Å². The largest absolute Gasteiger partial charge is 0.390 e. The van der Waals surface area contributed by atoms with Gasteiger partial charge in [-0.25, -0.2) is 0 Å². The van der Waals surface area contributed by atoms with Crippen molar-refractivity contribution in [1.29, 1.82) is 0 Å². The monoisotopic (exact) mass is 258 g/mol. The fourth-order valence-electron chi connectivity index (χ4n) is 4.11. The SMILES string of the molecule is CC1(O)CCCCC2(CCCCC(O)(P)C2)C1. The van der Waals surface area contributed by atoms with Crippen LogP contribution in [0.5, 0.6) is 0 Å². The highest BCUT2D eigenvalue weighted by Crippen LogP contribution is 2.52. The quantitative estimate of drug-likeness (QED) is 0.655. The smallest absolute Gasteiger partial charge is 0.0783 e. The van der Waals surface area contributed by atoms with Crippen LogP contribution in [0.4, 0.5) is 0 Å². The van der Waals surface area contributed by atoms with Crippen LogP contribution in [0.1, 0.15) is 71.1 Å². The van der Waals surface area contributed by atoms with Gasteiger partial charge in [0.05, 0.1) is 10.9 Å². The summed E-state index contributed by atoms with van der Waals surface area (Å²) in [7, 11) is 2.65. The molecule has 4 atom stereocenters. The van der Waals surface area contributed by atoms with E-state index in [0.29, 0.717) is 0 Å². The number of hydrogen-bond donors (Lipinski definition) is 2. The minimum absolute atomic E-state index is 0.174. The standard InChI is InChI=1S/C14H27O2P/c1-12(15)6-2-3-7-13(10-12)8-4-5-9-14(16,17)11-13/h15-16H,2-11,17H2,1H3. The van der Waals surface area contributed by atoms with Gasteiger partial charge in [0.2, 0.25) is 0 Å². The highest BCUT2D eigenvalue weighted by molar-refractivity contribution is 7.18. The van der Waals surface area contributed by atoms with Crippen molar-refractivity contribution >= 4 is 9.24 Å². The van der Waals surface area contributed by atoms with Gasteiger partial charge in [0.1, 0.15) is 0 Å². The first-order valence-electron chi connectivity index (χ1n) is 7.06. The molecule has 17 heavy (non-hydrogen) atoms. The summed E-state index contributed by atoms with van der Waals surface area (Å²) < 4.78 is 0. The maximum absolute atomic E-state index is 10.4. The molecule has 1 spiro atoms. The van der Waals surface area contributed by atoms with Gasteiger partial charge in [-0.1, -0.05) is 25.7 Å². The zero-order valence-corrected chi connectivity index (χ0v) is 12.2. The summed E-state index contributed by atoms with van der Waals surface area (Å²) in [6, 6.07) is 0. The van der Waals surface area contributed by atoms with E-state index in [4.69, 9.17) is 0 Å². The van der Waals surface area contributed by atoms with E-state index in [2.05, 4.69) is 9.24 Å². The molecule has 0 heterocycles. The average molecular weight is 258 g/mol. The van der Waals surface area contributed by atoms with Crippen LogP contribution in [0.3, 0.4) is 0 Å². The molecule has 0 aromatic carbocycles. The van der Waals surface area contributed by atoms with Crippen molar-refractivity contribution in [3.05, 3.63) is 0 Å². The van der Waals surface area contributed by atoms with Crippen LogP contribution in [-0.4, -0.2) is 21.2 Å². The molecule has 0 aliphatic heterocycles. The predicted octanol–water partition coefficient (Wildman–Crippen LogP) is 3.22. The Morgan fingerprint density at radius 1 is 0.824 bits per heavy atom. The molecular formula is C14H27O2P. The molecule has 0 bridgehead atoms. The van der Waals surface area contributed by atoms with Gasteiger partial charge >= 0.3 is 0 Å². The third kappa shape index (κ3) is 3.66. The molecule has 0 aromatic rings. The van der Waals surface area contributed by atoms with E-state index >= 15 is 0 Å². The number of rotatable bonds is 0. The van der Waals surface area contributed by atoms with Gasteiger partial charge in [-0.3, -0.25) is 0 Å². The van der Waals surface area contributed by atoms with Crippen LogP contribution < -0.4 is 0 Å². The zero-order valence-electron chi connectivity index (χ0n) is 11.0. The lowest BCUT2D eigenvalue weighted by Gasteiger charge is -2.40. The highest BCUT2D eigenvalue weighted by Gasteiger charge is 2.44. The summed E-state index contributed by atoms with van der Waals surface area (Å²) in [6.45, 7) is 1.98. The molecule has 100 valence electrons. The van der Waals surface area contributed by atoms with Crippen molar-refractivity contribution in [2.24, 2.45) is 5.41 Å². The van der Waals surface area contributed by atoms with Gasteiger partial charge in [-0.05, 0) is 50.9 Å². The Morgan fingerprint density at radius 3 is 2.00 bits per heavy atom. The lowest BCUT2D eigenvalue weighted by molar-refractivity contribution is -0.0172. The lowest BCUT2D eigenvalue weighted by atomic mass is 9.70. The van der Waals surface area contributed by atoms with Gasteiger partial charge in [0, 0.05) is 0 Å². The lowest BCUT2D eigenvalue weighted by Crippen LogP contribution is -2.36. The second kappa shape index (κ2) is 4.79. The van der Waals surface area contributed by atoms with E-state index in [0.717, 1.165) is 38.5 Å². The van der Waals surface area contributed by atoms with Crippen molar-refractivity contribution in [2.45, 2.75) is 82.1 Å². The Bertz CT molecular complexity index is 245. The first kappa shape index (κ1) is 13.8. The Balaban J connectivity index is 2.19. The van der Waals surface area contributed by atoms with Crippen molar-refractivity contribution in [3.63, 3.8) is 0 Å². The van der Waals surface area contributed by atoms with Crippen molar-refractivity contribution < 1.29 is 10.2 Å². The molecule has 3 heteroatoms. The average Bonchev–Trinajstić information content (AvgIpc) is 2.40. The normalized spacial score (nSPS) is 48.7. The maximum atomic E-state index is 10.4. The third-order valence-corrected chi connectivity index (χ3v) is 5.17. The molecule has 2 N–H and O–H groups in total. The maximum Gasteiger partial charge on any atom is 0.0783 e. The fraction of sp³-hybridized carbons (Fsp3) is 1.00. The molecular weight excluding hydrogens is 231 g/mol. The van der Waals surface area contributed by atoms with E-state index in [-0.39, 0.29) is 5.41 Å². The first-order chi connectivity index (χ1) is 7.83. The fourth-order valence-corrected chi connectivity index (χ4v) is 4.75. The molecule has 4 unspecified atom stereocenters. The van der Waals surface area contributed by atoms with E-state index < -0.39 is 10.9 Å². The first-order valence-corrected chi connectivity index (χ1v) is 7.64. The Hall–Kier alpha value is 0.350. The van der Waals surface area contributed by atoms with Crippen molar-refractivity contribution in [2.75, 3.05) is 0 Å². The molecule has 0 aromatic heterocycles. The molecule has 2 aliphatic rings. The van der Waals surface area contributed by atoms with Gasteiger partial charge in [-0.15, -0.1) is 9.24 Å². The Morgan fingerprint density at radius 2 is 1.35 bits per heavy atom. The Kier molecular flexibility index (Phi) is 3.88. The molecule has 2 saturated carbocycles. The summed E-state index contributed by atoms with van der Waals surface area (Å²) in [4.78, 5) is 0. The van der Waals surface area contributed by atoms with Crippen molar-refractivity contribution in [3.8, 4) is 0 Å². The summed E-state index contributed by atoms with van der Waals surface area (Å²) in [5.74, 6) is 0. The highest BCUT2D eigenvalue weighted by atomic mass is 31.0. The van der Waals surface area contributed by atoms with Gasteiger partial charge in [0.25, 0.3) is 0 Å².